The van der Waals surface area contributed by atoms with Crippen molar-refractivity contribution in [2.24, 2.45) is 12.0 Å². The fourth-order valence-electron chi connectivity index (χ4n) is 1.29. The van der Waals surface area contributed by atoms with Gasteiger partial charge in [0.2, 0.25) is 0 Å². The number of rotatable bonds is 0. The molecule has 0 N–H and O–H groups in total. The molecule has 1 aromatic rings. The summed E-state index contributed by atoms with van der Waals surface area (Å²) in [4.78, 5) is 4.38. The van der Waals surface area contributed by atoms with Crippen molar-refractivity contribution in [2.75, 3.05) is 6.54 Å². The molecule has 2 heterocycles. The van der Waals surface area contributed by atoms with E-state index in [0.717, 1.165) is 18.5 Å². The van der Waals surface area contributed by atoms with Crippen LogP contribution in [0.2, 0.25) is 0 Å². The molecule has 2 heteroatoms. The second-order valence-corrected chi connectivity index (χ2v) is 2.58. The van der Waals surface area contributed by atoms with Gasteiger partial charge in [-0.3, -0.25) is 4.99 Å². The smallest absolute Gasteiger partial charge is 0.134 e. The van der Waals surface area contributed by atoms with Crippen molar-refractivity contribution in [2.45, 2.75) is 6.42 Å². The number of aromatic nitrogens is 1. The van der Waals surface area contributed by atoms with Gasteiger partial charge in [-0.2, -0.15) is 0 Å². The summed E-state index contributed by atoms with van der Waals surface area (Å²) in [6.07, 6.45) is 5.38. The predicted molar refractivity (Wildman–Crippen MR) is 40.1 cm³/mol. The average Bonchev–Trinajstić information content (AvgIpc) is 2.34. The SMILES string of the molecule is Cn1ccc2c1=NCCC=2. The first-order chi connectivity index (χ1) is 4.88. The molecule has 0 aromatic carbocycles. The third kappa shape index (κ3) is 0.685. The first-order valence-electron chi connectivity index (χ1n) is 3.54. The molecule has 1 aromatic heterocycles. The Morgan fingerprint density at radius 2 is 2.50 bits per heavy atom. The van der Waals surface area contributed by atoms with E-state index in [0.29, 0.717) is 0 Å². The van der Waals surface area contributed by atoms with E-state index in [-0.39, 0.29) is 0 Å². The molecule has 0 saturated heterocycles. The topological polar surface area (TPSA) is 17.3 Å². The van der Waals surface area contributed by atoms with Gasteiger partial charge in [0.1, 0.15) is 5.49 Å². The van der Waals surface area contributed by atoms with Crippen LogP contribution in [0.3, 0.4) is 0 Å². The van der Waals surface area contributed by atoms with E-state index in [4.69, 9.17) is 0 Å². The van der Waals surface area contributed by atoms with Crippen LogP contribution >= 0.6 is 0 Å². The van der Waals surface area contributed by atoms with Crippen LogP contribution in [0.25, 0.3) is 6.08 Å². The third-order valence-corrected chi connectivity index (χ3v) is 1.82. The number of hydrogen-bond acceptors (Lipinski definition) is 1. The molecule has 0 amide bonds. The zero-order valence-electron chi connectivity index (χ0n) is 6.04. The van der Waals surface area contributed by atoms with Crippen LogP contribution in [0.15, 0.2) is 17.3 Å². The minimum Gasteiger partial charge on any atom is -0.336 e. The fraction of sp³-hybridized carbons (Fsp3) is 0.375. The Labute approximate surface area is 59.5 Å². The number of nitrogens with zero attached hydrogens (tertiary/aromatic N) is 2. The Morgan fingerprint density at radius 1 is 1.60 bits per heavy atom. The minimum absolute atomic E-state index is 0.949. The van der Waals surface area contributed by atoms with Gasteiger partial charge in [0, 0.05) is 25.0 Å². The van der Waals surface area contributed by atoms with Gasteiger partial charge in [-0.25, -0.2) is 0 Å². The third-order valence-electron chi connectivity index (χ3n) is 1.82. The van der Waals surface area contributed by atoms with Gasteiger partial charge in [0.15, 0.2) is 0 Å². The number of hydrogen-bond donors (Lipinski definition) is 0. The Hall–Kier alpha value is -1.05. The molecule has 1 aliphatic heterocycles. The van der Waals surface area contributed by atoms with Crippen molar-refractivity contribution in [3.05, 3.63) is 23.0 Å². The van der Waals surface area contributed by atoms with Crippen molar-refractivity contribution in [1.82, 2.24) is 4.57 Å². The van der Waals surface area contributed by atoms with Crippen molar-refractivity contribution in [1.29, 1.82) is 0 Å². The highest BCUT2D eigenvalue weighted by molar-refractivity contribution is 5.23. The summed E-state index contributed by atoms with van der Waals surface area (Å²) in [5.74, 6) is 0. The lowest BCUT2D eigenvalue weighted by molar-refractivity contribution is 0.809. The number of aryl methyl sites for hydroxylation is 1. The monoisotopic (exact) mass is 134 g/mol. The Balaban J connectivity index is 2.89. The molecule has 0 unspecified atom stereocenters. The predicted octanol–water partition coefficient (Wildman–Crippen LogP) is -0.171. The Kier molecular flexibility index (Phi) is 1.13. The molecule has 0 saturated carbocycles. The first kappa shape index (κ1) is 5.71. The molecule has 0 radical (unpaired) electrons. The van der Waals surface area contributed by atoms with Crippen molar-refractivity contribution in [3.8, 4) is 0 Å². The number of fused-ring (bicyclic) bond motifs is 1. The fourth-order valence-corrected chi connectivity index (χ4v) is 1.29. The van der Waals surface area contributed by atoms with Crippen molar-refractivity contribution >= 4 is 6.08 Å². The maximum atomic E-state index is 4.38. The molecule has 0 aliphatic carbocycles. The molecule has 1 aliphatic rings. The van der Waals surface area contributed by atoms with E-state index in [1.807, 2.05) is 7.05 Å². The highest BCUT2D eigenvalue weighted by atomic mass is 15.0. The van der Waals surface area contributed by atoms with Crippen LogP contribution in [-0.2, 0) is 7.05 Å². The molecule has 2 nitrogen and oxygen atoms in total. The molecular formula is C8H10N2. The zero-order chi connectivity index (χ0) is 6.97. The van der Waals surface area contributed by atoms with Gasteiger partial charge in [-0.1, -0.05) is 6.08 Å². The second kappa shape index (κ2) is 1.97. The lowest BCUT2D eigenvalue weighted by Gasteiger charge is -1.95. The summed E-state index contributed by atoms with van der Waals surface area (Å²) in [5, 5.41) is 1.29. The Bertz CT molecular complexity index is 346. The van der Waals surface area contributed by atoms with Crippen LogP contribution in [-0.4, -0.2) is 11.1 Å². The largest absolute Gasteiger partial charge is 0.336 e. The normalized spacial score (nSPS) is 15.3. The van der Waals surface area contributed by atoms with Crippen LogP contribution in [0.4, 0.5) is 0 Å². The van der Waals surface area contributed by atoms with Gasteiger partial charge in [0.05, 0.1) is 0 Å². The summed E-state index contributed by atoms with van der Waals surface area (Å²) in [7, 11) is 2.03. The molecular weight excluding hydrogens is 124 g/mol. The molecule has 0 spiro atoms. The van der Waals surface area contributed by atoms with Crippen LogP contribution in [0.1, 0.15) is 6.42 Å². The second-order valence-electron chi connectivity index (χ2n) is 2.58. The first-order valence-corrected chi connectivity index (χ1v) is 3.54. The van der Waals surface area contributed by atoms with E-state index >= 15 is 0 Å². The summed E-state index contributed by atoms with van der Waals surface area (Å²) < 4.78 is 2.06. The summed E-state index contributed by atoms with van der Waals surface area (Å²) in [5.41, 5.74) is 1.13. The minimum atomic E-state index is 0.949. The van der Waals surface area contributed by atoms with Gasteiger partial charge < -0.3 is 4.57 Å². The van der Waals surface area contributed by atoms with Crippen molar-refractivity contribution in [3.63, 3.8) is 0 Å². The molecule has 0 bridgehead atoms. The van der Waals surface area contributed by atoms with Gasteiger partial charge >= 0.3 is 0 Å². The maximum absolute atomic E-state index is 4.38. The lowest BCUT2D eigenvalue weighted by Crippen LogP contribution is -2.30. The Morgan fingerprint density at radius 3 is 3.30 bits per heavy atom. The lowest BCUT2D eigenvalue weighted by atomic mass is 10.3. The van der Waals surface area contributed by atoms with E-state index in [1.54, 1.807) is 0 Å². The molecule has 0 atom stereocenters. The van der Waals surface area contributed by atoms with E-state index in [1.165, 1.54) is 5.22 Å². The zero-order valence-corrected chi connectivity index (χ0v) is 6.04. The van der Waals surface area contributed by atoms with Gasteiger partial charge in [-0.05, 0) is 12.5 Å². The maximum Gasteiger partial charge on any atom is 0.134 e. The highest BCUT2D eigenvalue weighted by Gasteiger charge is 1.95. The van der Waals surface area contributed by atoms with E-state index in [9.17, 15) is 0 Å². The molecule has 52 valence electrons. The van der Waals surface area contributed by atoms with Crippen LogP contribution < -0.4 is 10.7 Å². The van der Waals surface area contributed by atoms with Crippen LogP contribution in [0.5, 0.6) is 0 Å². The summed E-state index contributed by atoms with van der Waals surface area (Å²) in [6, 6.07) is 2.11. The standard InChI is InChI=1S/C8H10N2/c1-10-6-4-7-3-2-5-9-8(7)10/h3-4,6H,2,5H2,1H3. The molecule has 10 heavy (non-hydrogen) atoms. The van der Waals surface area contributed by atoms with E-state index in [2.05, 4.69) is 27.9 Å². The molecule has 2 rings (SSSR count). The van der Waals surface area contributed by atoms with E-state index < -0.39 is 0 Å². The summed E-state index contributed by atoms with van der Waals surface area (Å²) in [6.45, 7) is 0.949. The van der Waals surface area contributed by atoms with Gasteiger partial charge in [-0.15, -0.1) is 0 Å². The molecule has 0 fully saturated rings. The van der Waals surface area contributed by atoms with Crippen LogP contribution in [0, 0.1) is 0 Å². The highest BCUT2D eigenvalue weighted by Crippen LogP contribution is 1.85. The van der Waals surface area contributed by atoms with Crippen molar-refractivity contribution < 1.29 is 0 Å². The average molecular weight is 134 g/mol. The quantitative estimate of drug-likeness (QED) is 0.468. The summed E-state index contributed by atoms with van der Waals surface area (Å²) >= 11 is 0. The van der Waals surface area contributed by atoms with Gasteiger partial charge in [0.25, 0.3) is 0 Å².